The summed E-state index contributed by atoms with van der Waals surface area (Å²) in [5.41, 5.74) is 0.711. The van der Waals surface area contributed by atoms with Crippen LogP contribution in [-0.2, 0) is 0 Å². The maximum absolute atomic E-state index is 9.88. The van der Waals surface area contributed by atoms with Gasteiger partial charge in [-0.05, 0) is 0 Å². The summed E-state index contributed by atoms with van der Waals surface area (Å²) in [7, 11) is 0. The van der Waals surface area contributed by atoms with Gasteiger partial charge in [-0.3, -0.25) is 15.1 Å². The van der Waals surface area contributed by atoms with Gasteiger partial charge in [-0.25, -0.2) is 5.84 Å². The second kappa shape index (κ2) is 0.941. The highest BCUT2D eigenvalue weighted by atomic mass is 16.2. The van der Waals surface area contributed by atoms with Crippen molar-refractivity contribution in [2.75, 3.05) is 5.53 Å². The molecule has 1 rings (SSSR count). The van der Waals surface area contributed by atoms with Gasteiger partial charge in [0.15, 0.2) is 0 Å². The van der Waals surface area contributed by atoms with Crippen molar-refractivity contribution in [1.82, 2.24) is 4.68 Å². The fourth-order valence-electron chi connectivity index (χ4n) is 0.252. The second-order valence-corrected chi connectivity index (χ2v) is 1.07. The maximum Gasteiger partial charge on any atom is 0.341 e. The fourth-order valence-corrected chi connectivity index (χ4v) is 0.252. The van der Waals surface area contributed by atoms with Crippen LogP contribution >= 0.6 is 0 Å². The van der Waals surface area contributed by atoms with E-state index in [4.69, 9.17) is 0 Å². The van der Waals surface area contributed by atoms with Gasteiger partial charge >= 0.3 is 11.1 Å². The van der Waals surface area contributed by atoms with Crippen LogP contribution < -0.4 is 22.5 Å². The van der Waals surface area contributed by atoms with Crippen LogP contribution in [0, 0.1) is 0 Å². The lowest BCUT2D eigenvalue weighted by Crippen LogP contribution is -2.20. The lowest BCUT2D eigenvalue weighted by Gasteiger charge is -1.79. The molecule has 1 aromatic heterocycles. The van der Waals surface area contributed by atoms with Gasteiger partial charge in [0, 0.05) is 0 Å². The quantitative estimate of drug-likeness (QED) is 0.233. The molecule has 0 atom stereocenters. The molecule has 0 saturated heterocycles. The van der Waals surface area contributed by atoms with Gasteiger partial charge in [0.2, 0.25) is 0 Å². The van der Waals surface area contributed by atoms with Crippen molar-refractivity contribution in [3.63, 3.8) is 0 Å². The van der Waals surface area contributed by atoms with E-state index in [0.29, 0.717) is 4.68 Å². The molecule has 0 unspecified atom stereocenters. The van der Waals surface area contributed by atoms with Crippen molar-refractivity contribution < 1.29 is 0 Å². The minimum absolute atomic E-state index is 0.581. The van der Waals surface area contributed by atoms with E-state index >= 15 is 0 Å². The normalized spacial score (nSPS) is 9.86. The summed E-state index contributed by atoms with van der Waals surface area (Å²) in [6.07, 6.45) is 0. The molecule has 0 amide bonds. The van der Waals surface area contributed by atoms with Crippen molar-refractivity contribution in [2.24, 2.45) is 5.84 Å². The third-order valence-corrected chi connectivity index (χ3v) is 0.668. The van der Waals surface area contributed by atoms with Gasteiger partial charge in [-0.1, -0.05) is 0 Å². The Morgan fingerprint density at radius 2 is 1.86 bits per heavy atom. The molecular weight excluding hydrogens is 98.0 g/mol. The van der Waals surface area contributed by atoms with E-state index in [0.717, 1.165) is 0 Å². The average Bonchev–Trinajstić information content (AvgIpc) is 2.17. The zero-order valence-corrected chi connectivity index (χ0v) is 3.34. The standard InChI is InChI=1S/C2H3N3O2/c3-4-5-1(6)2(5)7/h4H,3H2. The molecule has 0 bridgehead atoms. The Hall–Kier alpha value is -1.10. The summed E-state index contributed by atoms with van der Waals surface area (Å²) >= 11 is 0. The molecule has 0 fully saturated rings. The second-order valence-electron chi connectivity index (χ2n) is 1.07. The highest BCUT2D eigenvalue weighted by Gasteiger charge is 2.12. The van der Waals surface area contributed by atoms with Crippen molar-refractivity contribution in [1.29, 1.82) is 0 Å². The van der Waals surface area contributed by atoms with E-state index in [-0.39, 0.29) is 0 Å². The molecule has 7 heavy (non-hydrogen) atoms. The molecule has 0 aromatic carbocycles. The first-order valence-corrected chi connectivity index (χ1v) is 1.62. The highest BCUT2D eigenvalue weighted by molar-refractivity contribution is 4.90. The first-order valence-electron chi connectivity index (χ1n) is 1.62. The molecule has 1 heterocycles. The van der Waals surface area contributed by atoms with Crippen LogP contribution in [0.1, 0.15) is 0 Å². The van der Waals surface area contributed by atoms with Gasteiger partial charge in [0.25, 0.3) is 0 Å². The van der Waals surface area contributed by atoms with Crippen LogP contribution in [-0.4, -0.2) is 4.68 Å². The summed E-state index contributed by atoms with van der Waals surface area (Å²) in [6, 6.07) is 0. The Bertz CT molecular complexity index is 204. The number of aromatic nitrogens is 1. The number of rotatable bonds is 1. The molecule has 5 nitrogen and oxygen atoms in total. The molecule has 0 aliphatic carbocycles. The SMILES string of the molecule is NNn1c(=O)c1=O. The number of hydrogen-bond donors (Lipinski definition) is 2. The van der Waals surface area contributed by atoms with Crippen LogP contribution in [0.4, 0.5) is 0 Å². The van der Waals surface area contributed by atoms with Gasteiger partial charge in [-0.2, -0.15) is 4.68 Å². The third kappa shape index (κ3) is 0.347. The van der Waals surface area contributed by atoms with Gasteiger partial charge in [0.05, 0.1) is 0 Å². The van der Waals surface area contributed by atoms with Gasteiger partial charge in [0.1, 0.15) is 0 Å². The molecular formula is C2H3N3O2. The first kappa shape index (κ1) is 4.07. The fraction of sp³-hybridized carbons (Fsp3) is 0. The molecule has 0 saturated carbocycles. The van der Waals surface area contributed by atoms with Crippen molar-refractivity contribution >= 4 is 0 Å². The summed E-state index contributed by atoms with van der Waals surface area (Å²) in [6.45, 7) is 0. The molecule has 0 radical (unpaired) electrons. The van der Waals surface area contributed by atoms with E-state index in [1.165, 1.54) is 0 Å². The third-order valence-electron chi connectivity index (χ3n) is 0.668. The van der Waals surface area contributed by atoms with Crippen LogP contribution in [0.25, 0.3) is 0 Å². The molecule has 0 aliphatic heterocycles. The molecule has 0 aliphatic rings. The zero-order valence-electron chi connectivity index (χ0n) is 3.34. The first-order chi connectivity index (χ1) is 3.27. The predicted octanol–water partition coefficient (Wildman–Crippen LogP) is -2.50. The number of nitrogens with two attached hydrogens (primary N) is 1. The zero-order chi connectivity index (χ0) is 5.44. The smallest absolute Gasteiger partial charge is 0.261 e. The minimum atomic E-state index is -0.581. The van der Waals surface area contributed by atoms with Crippen molar-refractivity contribution in [3.8, 4) is 0 Å². The molecule has 0 spiro atoms. The highest BCUT2D eigenvalue weighted by Crippen LogP contribution is 1.50. The largest absolute Gasteiger partial charge is 0.341 e. The number of hydrazine groups is 1. The van der Waals surface area contributed by atoms with Crippen LogP contribution in [0.5, 0.6) is 0 Å². The molecule has 1 aromatic rings. The molecule has 38 valence electrons. The Morgan fingerprint density at radius 3 is 1.86 bits per heavy atom. The Labute approximate surface area is 38.0 Å². The maximum atomic E-state index is 9.88. The minimum Gasteiger partial charge on any atom is -0.261 e. The molecule has 5 heteroatoms. The van der Waals surface area contributed by atoms with Crippen molar-refractivity contribution in [2.45, 2.75) is 0 Å². The molecule has 3 N–H and O–H groups in total. The van der Waals surface area contributed by atoms with E-state index in [9.17, 15) is 9.59 Å². The van der Waals surface area contributed by atoms with Crippen LogP contribution in [0.3, 0.4) is 0 Å². The summed E-state index contributed by atoms with van der Waals surface area (Å²) in [5, 5.41) is 0. The predicted molar refractivity (Wildman–Crippen MR) is 22.9 cm³/mol. The average molecular weight is 101 g/mol. The Kier molecular flexibility index (Phi) is 0.547. The van der Waals surface area contributed by atoms with Crippen molar-refractivity contribution in [3.05, 3.63) is 20.7 Å². The lowest BCUT2D eigenvalue weighted by molar-refractivity contribution is 0.948. The monoisotopic (exact) mass is 101 g/mol. The number of nitrogens with one attached hydrogen (secondary N) is 1. The van der Waals surface area contributed by atoms with E-state index in [1.807, 2.05) is 5.53 Å². The van der Waals surface area contributed by atoms with Gasteiger partial charge in [-0.15, -0.1) is 0 Å². The summed E-state index contributed by atoms with van der Waals surface area (Å²) < 4.78 is 0.708. The lowest BCUT2D eigenvalue weighted by atomic mass is 11.1. The van der Waals surface area contributed by atoms with Gasteiger partial charge < -0.3 is 0 Å². The Balaban J connectivity index is 3.03. The van der Waals surface area contributed by atoms with E-state index < -0.39 is 11.1 Å². The number of hydrogen-bond acceptors (Lipinski definition) is 4. The van der Waals surface area contributed by atoms with E-state index in [1.54, 1.807) is 0 Å². The van der Waals surface area contributed by atoms with Crippen LogP contribution in [0.2, 0.25) is 0 Å². The number of nitrogen functional groups attached to an aromatic ring is 1. The topological polar surface area (TPSA) is 77.1 Å². The van der Waals surface area contributed by atoms with E-state index in [2.05, 4.69) is 5.84 Å². The summed E-state index contributed by atoms with van der Waals surface area (Å²) in [4.78, 5) is 19.8. The Morgan fingerprint density at radius 1 is 1.43 bits per heavy atom. The number of nitrogens with zero attached hydrogens (tertiary/aromatic N) is 1. The summed E-state index contributed by atoms with van der Waals surface area (Å²) in [5.74, 6) is 4.65. The van der Waals surface area contributed by atoms with Crippen LogP contribution in [0.15, 0.2) is 9.59 Å².